The summed E-state index contributed by atoms with van der Waals surface area (Å²) in [5.41, 5.74) is 0.698. The van der Waals surface area contributed by atoms with Crippen LogP contribution in [0.4, 0.5) is 4.39 Å². The molecule has 5 heteroatoms. The summed E-state index contributed by atoms with van der Waals surface area (Å²) >= 11 is 1.37. The number of hydrogen-bond acceptors (Lipinski definition) is 3. The van der Waals surface area contributed by atoms with Crippen LogP contribution in [-0.2, 0) is 6.54 Å². The first-order valence-electron chi connectivity index (χ1n) is 6.33. The minimum Gasteiger partial charge on any atom is -0.488 e. The van der Waals surface area contributed by atoms with Gasteiger partial charge in [0.2, 0.25) is 0 Å². The second-order valence-corrected chi connectivity index (χ2v) is 5.54. The van der Waals surface area contributed by atoms with Crippen LogP contribution in [0.2, 0.25) is 0 Å². The van der Waals surface area contributed by atoms with Gasteiger partial charge in [-0.2, -0.15) is 0 Å². The van der Waals surface area contributed by atoms with Crippen molar-refractivity contribution in [3.63, 3.8) is 0 Å². The Bertz CT molecular complexity index is 582. The van der Waals surface area contributed by atoms with Crippen LogP contribution in [-0.4, -0.2) is 12.0 Å². The first-order chi connectivity index (χ1) is 9.56. The summed E-state index contributed by atoms with van der Waals surface area (Å²) in [6.07, 6.45) is -0.0751. The van der Waals surface area contributed by atoms with Crippen molar-refractivity contribution in [2.75, 3.05) is 0 Å². The molecule has 0 aliphatic rings. The topological polar surface area (TPSA) is 38.3 Å². The van der Waals surface area contributed by atoms with Crippen molar-refractivity contribution in [3.8, 4) is 5.75 Å². The molecular weight excluding hydrogens is 277 g/mol. The molecule has 1 heterocycles. The van der Waals surface area contributed by atoms with Crippen molar-refractivity contribution in [2.24, 2.45) is 0 Å². The van der Waals surface area contributed by atoms with Gasteiger partial charge in [-0.15, -0.1) is 11.3 Å². The fourth-order valence-electron chi connectivity index (χ4n) is 1.68. The highest BCUT2D eigenvalue weighted by molar-refractivity contribution is 7.12. The third-order valence-corrected chi connectivity index (χ3v) is 3.43. The molecule has 0 spiro atoms. The van der Waals surface area contributed by atoms with Crippen LogP contribution in [0, 0.1) is 5.82 Å². The van der Waals surface area contributed by atoms with Crippen LogP contribution in [0.1, 0.15) is 29.1 Å². The Morgan fingerprint density at radius 2 is 2.20 bits per heavy atom. The number of rotatable bonds is 5. The van der Waals surface area contributed by atoms with E-state index in [0.29, 0.717) is 10.4 Å². The smallest absolute Gasteiger partial charge is 0.261 e. The van der Waals surface area contributed by atoms with Gasteiger partial charge in [0, 0.05) is 6.54 Å². The van der Waals surface area contributed by atoms with Crippen molar-refractivity contribution in [1.29, 1.82) is 0 Å². The fraction of sp³-hybridized carbons (Fsp3) is 0.267. The Kier molecular flexibility index (Phi) is 4.74. The average molecular weight is 293 g/mol. The summed E-state index contributed by atoms with van der Waals surface area (Å²) in [6.45, 7) is 3.97. The van der Waals surface area contributed by atoms with E-state index in [1.54, 1.807) is 18.2 Å². The highest BCUT2D eigenvalue weighted by Gasteiger charge is 2.09. The fourth-order valence-corrected chi connectivity index (χ4v) is 2.32. The van der Waals surface area contributed by atoms with E-state index in [2.05, 4.69) is 5.32 Å². The van der Waals surface area contributed by atoms with Crippen LogP contribution >= 0.6 is 11.3 Å². The van der Waals surface area contributed by atoms with Gasteiger partial charge in [0.1, 0.15) is 0 Å². The first kappa shape index (κ1) is 14.5. The van der Waals surface area contributed by atoms with Crippen molar-refractivity contribution >= 4 is 17.2 Å². The van der Waals surface area contributed by atoms with E-state index in [-0.39, 0.29) is 24.3 Å². The number of nitrogens with one attached hydrogen (secondary N) is 1. The minimum absolute atomic E-state index is 0.0751. The molecule has 20 heavy (non-hydrogen) atoms. The molecule has 106 valence electrons. The van der Waals surface area contributed by atoms with Gasteiger partial charge < -0.3 is 10.1 Å². The number of carbonyl (C=O) groups excluding carboxylic acids is 1. The Morgan fingerprint density at radius 3 is 2.80 bits per heavy atom. The maximum Gasteiger partial charge on any atom is 0.261 e. The quantitative estimate of drug-likeness (QED) is 0.914. The van der Waals surface area contributed by atoms with Crippen molar-refractivity contribution in [3.05, 3.63) is 52.0 Å². The molecule has 0 radical (unpaired) electrons. The van der Waals surface area contributed by atoms with Gasteiger partial charge >= 0.3 is 0 Å². The Balaban J connectivity index is 1.97. The number of amides is 1. The minimum atomic E-state index is -0.415. The molecule has 2 aromatic rings. The highest BCUT2D eigenvalue weighted by Crippen LogP contribution is 2.19. The zero-order valence-electron chi connectivity index (χ0n) is 11.4. The lowest BCUT2D eigenvalue weighted by molar-refractivity contribution is 0.0955. The van der Waals surface area contributed by atoms with E-state index in [1.807, 2.05) is 25.3 Å². The van der Waals surface area contributed by atoms with E-state index >= 15 is 0 Å². The summed E-state index contributed by atoms with van der Waals surface area (Å²) in [7, 11) is 0. The molecule has 1 amide bonds. The maximum atomic E-state index is 13.8. The zero-order valence-corrected chi connectivity index (χ0v) is 12.2. The summed E-state index contributed by atoms with van der Waals surface area (Å²) < 4.78 is 19.1. The Labute approximate surface area is 121 Å². The molecule has 0 aliphatic carbocycles. The molecule has 0 unspecified atom stereocenters. The van der Waals surface area contributed by atoms with Gasteiger partial charge in [0.15, 0.2) is 11.6 Å². The van der Waals surface area contributed by atoms with Crippen molar-refractivity contribution < 1.29 is 13.9 Å². The van der Waals surface area contributed by atoms with Gasteiger partial charge in [-0.1, -0.05) is 12.1 Å². The number of benzene rings is 1. The number of ether oxygens (including phenoxy) is 1. The number of thiophene rings is 1. The number of hydrogen-bond donors (Lipinski definition) is 1. The monoisotopic (exact) mass is 293 g/mol. The van der Waals surface area contributed by atoms with E-state index in [1.165, 1.54) is 17.4 Å². The molecule has 2 rings (SSSR count). The van der Waals surface area contributed by atoms with E-state index in [9.17, 15) is 9.18 Å². The Morgan fingerprint density at radius 1 is 1.40 bits per heavy atom. The molecule has 0 saturated heterocycles. The van der Waals surface area contributed by atoms with E-state index in [0.717, 1.165) is 0 Å². The highest BCUT2D eigenvalue weighted by atomic mass is 32.1. The van der Waals surface area contributed by atoms with E-state index < -0.39 is 5.82 Å². The lowest BCUT2D eigenvalue weighted by atomic mass is 10.2. The normalized spacial score (nSPS) is 10.6. The van der Waals surface area contributed by atoms with Crippen LogP contribution < -0.4 is 10.1 Å². The van der Waals surface area contributed by atoms with Gasteiger partial charge in [-0.05, 0) is 43.0 Å². The van der Waals surface area contributed by atoms with Gasteiger partial charge in [0.05, 0.1) is 11.0 Å². The number of halogens is 1. The molecule has 0 bridgehead atoms. The molecule has 3 nitrogen and oxygen atoms in total. The first-order valence-corrected chi connectivity index (χ1v) is 7.21. The van der Waals surface area contributed by atoms with Crippen LogP contribution in [0.15, 0.2) is 35.7 Å². The molecule has 0 saturated carbocycles. The van der Waals surface area contributed by atoms with Crippen molar-refractivity contribution in [1.82, 2.24) is 5.32 Å². The average Bonchev–Trinajstić information content (AvgIpc) is 2.92. The van der Waals surface area contributed by atoms with Crippen LogP contribution in [0.25, 0.3) is 0 Å². The van der Waals surface area contributed by atoms with E-state index in [4.69, 9.17) is 4.74 Å². The molecule has 1 N–H and O–H groups in total. The van der Waals surface area contributed by atoms with Crippen LogP contribution in [0.3, 0.4) is 0 Å². The van der Waals surface area contributed by atoms with Crippen LogP contribution in [0.5, 0.6) is 5.75 Å². The maximum absolute atomic E-state index is 13.8. The molecule has 0 aliphatic heterocycles. The zero-order chi connectivity index (χ0) is 14.5. The second-order valence-electron chi connectivity index (χ2n) is 4.59. The largest absolute Gasteiger partial charge is 0.488 e. The summed E-state index contributed by atoms with van der Waals surface area (Å²) in [5, 5.41) is 4.59. The molecule has 1 aromatic carbocycles. The van der Waals surface area contributed by atoms with Gasteiger partial charge in [-0.3, -0.25) is 4.79 Å². The predicted molar refractivity (Wildman–Crippen MR) is 77.7 cm³/mol. The summed E-state index contributed by atoms with van der Waals surface area (Å²) in [5.74, 6) is -0.335. The standard InChI is InChI=1S/C15H16FNO2S/c1-10(2)19-13-6-5-11(8-12(13)16)9-17-15(18)14-4-3-7-20-14/h3-8,10H,9H2,1-2H3,(H,17,18). The predicted octanol–water partition coefficient (Wildman–Crippen LogP) is 3.60. The lowest BCUT2D eigenvalue weighted by Gasteiger charge is -2.11. The lowest BCUT2D eigenvalue weighted by Crippen LogP contribution is -2.21. The van der Waals surface area contributed by atoms with Gasteiger partial charge in [-0.25, -0.2) is 4.39 Å². The second kappa shape index (κ2) is 6.52. The third-order valence-electron chi connectivity index (χ3n) is 2.56. The summed E-state index contributed by atoms with van der Waals surface area (Å²) in [6, 6.07) is 8.28. The number of carbonyl (C=O) groups is 1. The third kappa shape index (κ3) is 3.81. The molecule has 0 fully saturated rings. The molecule has 1 aromatic heterocycles. The Hall–Kier alpha value is -1.88. The molecule has 0 atom stereocenters. The van der Waals surface area contributed by atoms with Gasteiger partial charge in [0.25, 0.3) is 5.91 Å². The molecular formula is C15H16FNO2S. The van der Waals surface area contributed by atoms with Crippen molar-refractivity contribution in [2.45, 2.75) is 26.5 Å². The SMILES string of the molecule is CC(C)Oc1ccc(CNC(=O)c2cccs2)cc1F. The summed E-state index contributed by atoms with van der Waals surface area (Å²) in [4.78, 5) is 12.4.